The number of hydrogen-bond acceptors (Lipinski definition) is 7. The van der Waals surface area contributed by atoms with Gasteiger partial charge in [-0.2, -0.15) is 9.37 Å². The molecule has 0 fully saturated rings. The van der Waals surface area contributed by atoms with Gasteiger partial charge in [-0.15, -0.1) is 5.10 Å². The van der Waals surface area contributed by atoms with Gasteiger partial charge in [0, 0.05) is 12.1 Å². The number of nitrogens with one attached hydrogen (secondary N) is 2. The lowest BCUT2D eigenvalue weighted by Crippen LogP contribution is -2.15. The molecule has 29 heavy (non-hydrogen) atoms. The molecule has 0 atom stereocenters. The number of rotatable bonds is 8. The van der Waals surface area contributed by atoms with E-state index in [4.69, 9.17) is 4.74 Å². The Morgan fingerprint density at radius 3 is 2.76 bits per heavy atom. The molecule has 0 unspecified atom stereocenters. The number of nitrogens with zero attached hydrogens (tertiary/aromatic N) is 4. The molecule has 0 spiro atoms. The van der Waals surface area contributed by atoms with E-state index in [2.05, 4.69) is 37.4 Å². The fourth-order valence-corrected chi connectivity index (χ4v) is 2.86. The molecule has 0 aliphatic rings. The zero-order valence-corrected chi connectivity index (χ0v) is 16.5. The van der Waals surface area contributed by atoms with Crippen LogP contribution in [-0.4, -0.2) is 46.6 Å². The molecule has 0 bridgehead atoms. The standard InChI is InChI=1S/C19H23FN6O3/c1-4-5-10-21-17-15-14(22-18(23-17)24-19(27)29-3)16(20)25-26(15)11-12-8-6-7-9-13(12)28-2/h6-9H,4-5,10-11H2,1-3H3,(H2,21,22,23,24,27). The molecule has 2 heterocycles. The zero-order chi connectivity index (χ0) is 20.8. The van der Waals surface area contributed by atoms with Gasteiger partial charge in [-0.05, 0) is 12.5 Å². The summed E-state index contributed by atoms with van der Waals surface area (Å²) in [6, 6.07) is 7.43. The molecule has 1 amide bonds. The first-order valence-electron chi connectivity index (χ1n) is 9.22. The smallest absolute Gasteiger partial charge is 0.413 e. The van der Waals surface area contributed by atoms with E-state index in [0.29, 0.717) is 23.6 Å². The van der Waals surface area contributed by atoms with Crippen LogP contribution in [0.2, 0.25) is 0 Å². The lowest BCUT2D eigenvalue weighted by molar-refractivity contribution is 0.186. The SMILES string of the molecule is CCCCNc1nc(NC(=O)OC)nc2c(F)nn(Cc3ccccc3OC)c12. The molecule has 2 N–H and O–H groups in total. The van der Waals surface area contributed by atoms with Crippen molar-refractivity contribution in [1.82, 2.24) is 19.7 Å². The minimum atomic E-state index is -0.760. The number of methoxy groups -OCH3 is 2. The van der Waals surface area contributed by atoms with Crippen LogP contribution in [0.3, 0.4) is 0 Å². The number of hydrogen-bond donors (Lipinski definition) is 2. The zero-order valence-electron chi connectivity index (χ0n) is 16.5. The van der Waals surface area contributed by atoms with Gasteiger partial charge in [0.25, 0.3) is 5.95 Å². The molecule has 10 heteroatoms. The summed E-state index contributed by atoms with van der Waals surface area (Å²) in [5.41, 5.74) is 1.23. The van der Waals surface area contributed by atoms with Crippen molar-refractivity contribution in [3.05, 3.63) is 35.8 Å². The van der Waals surface area contributed by atoms with Gasteiger partial charge in [0.05, 0.1) is 20.8 Å². The van der Waals surface area contributed by atoms with Crippen molar-refractivity contribution in [3.63, 3.8) is 0 Å². The summed E-state index contributed by atoms with van der Waals surface area (Å²) in [5, 5.41) is 9.56. The van der Waals surface area contributed by atoms with Crippen molar-refractivity contribution in [2.75, 3.05) is 31.4 Å². The van der Waals surface area contributed by atoms with E-state index in [9.17, 15) is 9.18 Å². The van der Waals surface area contributed by atoms with Gasteiger partial charge in [-0.3, -0.25) is 10.00 Å². The minimum absolute atomic E-state index is 0.000277. The number of fused-ring (bicyclic) bond motifs is 1. The van der Waals surface area contributed by atoms with Gasteiger partial charge in [-0.25, -0.2) is 9.78 Å². The second-order valence-electron chi connectivity index (χ2n) is 6.25. The maximum atomic E-state index is 14.6. The quantitative estimate of drug-likeness (QED) is 0.557. The van der Waals surface area contributed by atoms with E-state index in [-0.39, 0.29) is 18.0 Å². The van der Waals surface area contributed by atoms with Crippen LogP contribution in [0.5, 0.6) is 5.75 Å². The van der Waals surface area contributed by atoms with E-state index in [1.54, 1.807) is 7.11 Å². The average molecular weight is 402 g/mol. The molecule has 154 valence electrons. The largest absolute Gasteiger partial charge is 0.496 e. The van der Waals surface area contributed by atoms with Crippen LogP contribution < -0.4 is 15.4 Å². The highest BCUT2D eigenvalue weighted by atomic mass is 19.1. The Morgan fingerprint density at radius 2 is 2.03 bits per heavy atom. The molecular weight excluding hydrogens is 379 g/mol. The second kappa shape index (κ2) is 9.18. The summed E-state index contributed by atoms with van der Waals surface area (Å²) in [7, 11) is 2.80. The molecule has 0 saturated heterocycles. The highest BCUT2D eigenvalue weighted by Crippen LogP contribution is 2.27. The molecule has 9 nitrogen and oxygen atoms in total. The van der Waals surface area contributed by atoms with Crippen LogP contribution in [0.25, 0.3) is 11.0 Å². The third kappa shape index (κ3) is 4.53. The topological polar surface area (TPSA) is 103 Å². The maximum Gasteiger partial charge on any atom is 0.413 e. The summed E-state index contributed by atoms with van der Waals surface area (Å²) >= 11 is 0. The van der Waals surface area contributed by atoms with Crippen molar-refractivity contribution >= 4 is 28.9 Å². The average Bonchev–Trinajstić information content (AvgIpc) is 3.04. The van der Waals surface area contributed by atoms with E-state index < -0.39 is 12.0 Å². The molecule has 3 aromatic rings. The van der Waals surface area contributed by atoms with Crippen molar-refractivity contribution < 1.29 is 18.7 Å². The van der Waals surface area contributed by atoms with Gasteiger partial charge in [0.1, 0.15) is 11.3 Å². The molecule has 2 aromatic heterocycles. The van der Waals surface area contributed by atoms with Crippen molar-refractivity contribution in [1.29, 1.82) is 0 Å². The van der Waals surface area contributed by atoms with Crippen LogP contribution in [0.15, 0.2) is 24.3 Å². The summed E-state index contributed by atoms with van der Waals surface area (Å²) in [6.45, 7) is 2.95. The summed E-state index contributed by atoms with van der Waals surface area (Å²) in [5.74, 6) is 0.214. The van der Waals surface area contributed by atoms with E-state index in [1.807, 2.05) is 24.3 Å². The Hall–Kier alpha value is -3.43. The Balaban J connectivity index is 2.07. The van der Waals surface area contributed by atoms with Gasteiger partial charge in [0.15, 0.2) is 11.3 Å². The van der Waals surface area contributed by atoms with E-state index in [0.717, 1.165) is 18.4 Å². The fourth-order valence-electron chi connectivity index (χ4n) is 2.86. The molecule has 0 saturated carbocycles. The second-order valence-corrected chi connectivity index (χ2v) is 6.25. The normalized spacial score (nSPS) is 10.8. The Kier molecular flexibility index (Phi) is 6.43. The maximum absolute atomic E-state index is 14.6. The lowest BCUT2D eigenvalue weighted by atomic mass is 10.2. The Morgan fingerprint density at radius 1 is 1.24 bits per heavy atom. The number of anilines is 2. The molecule has 0 aliphatic carbocycles. The number of benzene rings is 1. The molecule has 3 rings (SSSR count). The first-order valence-corrected chi connectivity index (χ1v) is 9.22. The van der Waals surface area contributed by atoms with Gasteiger partial charge >= 0.3 is 6.09 Å². The van der Waals surface area contributed by atoms with Crippen molar-refractivity contribution in [2.24, 2.45) is 0 Å². The van der Waals surface area contributed by atoms with E-state index in [1.165, 1.54) is 11.8 Å². The third-order valence-corrected chi connectivity index (χ3v) is 4.28. The van der Waals surface area contributed by atoms with Gasteiger partial charge in [-0.1, -0.05) is 31.5 Å². The fraction of sp³-hybridized carbons (Fsp3) is 0.368. The number of carbonyl (C=O) groups is 1. The first kappa shape index (κ1) is 20.3. The lowest BCUT2D eigenvalue weighted by Gasteiger charge is -2.12. The number of para-hydroxylation sites is 1. The van der Waals surface area contributed by atoms with Gasteiger partial charge < -0.3 is 14.8 Å². The number of carbonyl (C=O) groups excluding carboxylic acids is 1. The monoisotopic (exact) mass is 402 g/mol. The summed E-state index contributed by atoms with van der Waals surface area (Å²) in [4.78, 5) is 20.0. The van der Waals surface area contributed by atoms with Crippen LogP contribution in [0, 0.1) is 5.95 Å². The molecule has 0 aliphatic heterocycles. The Labute approximate surface area is 167 Å². The predicted molar refractivity (Wildman–Crippen MR) is 107 cm³/mol. The number of ether oxygens (including phenoxy) is 2. The number of halogens is 1. The van der Waals surface area contributed by atoms with E-state index >= 15 is 0 Å². The number of amides is 1. The summed E-state index contributed by atoms with van der Waals surface area (Å²) < 4.78 is 26.1. The highest BCUT2D eigenvalue weighted by Gasteiger charge is 2.20. The molecule has 0 radical (unpaired) electrons. The highest BCUT2D eigenvalue weighted by molar-refractivity contribution is 5.90. The molecular formula is C19H23FN6O3. The molecule has 1 aromatic carbocycles. The van der Waals surface area contributed by atoms with Crippen LogP contribution in [0.1, 0.15) is 25.3 Å². The third-order valence-electron chi connectivity index (χ3n) is 4.28. The van der Waals surface area contributed by atoms with Gasteiger partial charge in [0.2, 0.25) is 5.95 Å². The number of aromatic nitrogens is 4. The van der Waals surface area contributed by atoms with Crippen LogP contribution >= 0.6 is 0 Å². The van der Waals surface area contributed by atoms with Crippen molar-refractivity contribution in [3.8, 4) is 5.75 Å². The first-order chi connectivity index (χ1) is 14.1. The van der Waals surface area contributed by atoms with Crippen LogP contribution in [0.4, 0.5) is 21.0 Å². The predicted octanol–water partition coefficient (Wildman–Crippen LogP) is 3.41. The Bertz CT molecular complexity index is 1010. The van der Waals surface area contributed by atoms with Crippen LogP contribution in [-0.2, 0) is 11.3 Å². The minimum Gasteiger partial charge on any atom is -0.496 e. The summed E-state index contributed by atoms with van der Waals surface area (Å²) in [6.07, 6.45) is 1.13. The number of unbranched alkanes of at least 4 members (excludes halogenated alkanes) is 1. The van der Waals surface area contributed by atoms with Crippen molar-refractivity contribution in [2.45, 2.75) is 26.3 Å².